The quantitative estimate of drug-likeness (QED) is 0.903. The molecule has 3 heteroatoms. The fourth-order valence-corrected chi connectivity index (χ4v) is 4.98. The zero-order chi connectivity index (χ0) is 12.2. The van der Waals surface area contributed by atoms with Gasteiger partial charge in [0.05, 0.1) is 11.2 Å². The van der Waals surface area contributed by atoms with Gasteiger partial charge in [-0.15, -0.1) is 11.3 Å². The molecule has 0 unspecified atom stereocenters. The second-order valence-corrected chi connectivity index (χ2v) is 7.69. The first-order valence-electron chi connectivity index (χ1n) is 7.52. The fraction of sp³-hybridized carbons (Fsp3) is 0.800. The molecule has 98 valence electrons. The molecule has 0 radical (unpaired) electrons. The van der Waals surface area contributed by atoms with Crippen molar-refractivity contribution in [3.8, 4) is 0 Å². The Morgan fingerprint density at radius 2 is 2.00 bits per heavy atom. The first kappa shape index (κ1) is 11.4. The van der Waals surface area contributed by atoms with Crippen LogP contribution >= 0.6 is 11.3 Å². The van der Waals surface area contributed by atoms with E-state index in [1.807, 2.05) is 11.3 Å². The van der Waals surface area contributed by atoms with E-state index in [1.54, 1.807) is 4.88 Å². The molecule has 0 bridgehead atoms. The molecule has 0 aromatic carbocycles. The van der Waals surface area contributed by atoms with E-state index in [-0.39, 0.29) is 5.54 Å². The SMILES string of the molecule is CC1CC(NC2CC2)(c2nc3c(s2)CCCC3)C1. The summed E-state index contributed by atoms with van der Waals surface area (Å²) in [5, 5.41) is 5.32. The van der Waals surface area contributed by atoms with E-state index in [0.717, 1.165) is 12.0 Å². The third-order valence-corrected chi connectivity index (χ3v) is 6.07. The van der Waals surface area contributed by atoms with Crippen LogP contribution in [0.1, 0.15) is 61.0 Å². The van der Waals surface area contributed by atoms with Gasteiger partial charge in [0.25, 0.3) is 0 Å². The van der Waals surface area contributed by atoms with Crippen LogP contribution in [0.4, 0.5) is 0 Å². The van der Waals surface area contributed by atoms with Gasteiger partial charge in [-0.05, 0) is 57.3 Å². The van der Waals surface area contributed by atoms with Crippen molar-refractivity contribution in [2.45, 2.75) is 69.9 Å². The molecule has 2 fully saturated rings. The van der Waals surface area contributed by atoms with Crippen LogP contribution in [-0.2, 0) is 18.4 Å². The molecule has 0 amide bonds. The van der Waals surface area contributed by atoms with E-state index < -0.39 is 0 Å². The number of fused-ring (bicyclic) bond motifs is 1. The molecule has 0 saturated heterocycles. The summed E-state index contributed by atoms with van der Waals surface area (Å²) in [4.78, 5) is 6.61. The Hall–Kier alpha value is -0.410. The van der Waals surface area contributed by atoms with E-state index in [0.29, 0.717) is 0 Å². The Kier molecular flexibility index (Phi) is 2.56. The average molecular weight is 262 g/mol. The number of hydrogen-bond donors (Lipinski definition) is 1. The normalized spacial score (nSPS) is 35.1. The van der Waals surface area contributed by atoms with E-state index in [1.165, 1.54) is 62.1 Å². The third-order valence-electron chi connectivity index (χ3n) is 4.71. The Morgan fingerprint density at radius 3 is 2.67 bits per heavy atom. The second-order valence-electron chi connectivity index (χ2n) is 6.61. The second kappa shape index (κ2) is 4.04. The van der Waals surface area contributed by atoms with Crippen LogP contribution < -0.4 is 5.32 Å². The largest absolute Gasteiger partial charge is 0.303 e. The van der Waals surface area contributed by atoms with Crippen molar-refractivity contribution in [3.05, 3.63) is 15.6 Å². The van der Waals surface area contributed by atoms with Gasteiger partial charge in [-0.2, -0.15) is 0 Å². The van der Waals surface area contributed by atoms with Crippen molar-refractivity contribution < 1.29 is 0 Å². The van der Waals surface area contributed by atoms with E-state index in [4.69, 9.17) is 4.98 Å². The summed E-state index contributed by atoms with van der Waals surface area (Å²) in [6.45, 7) is 2.38. The van der Waals surface area contributed by atoms with Gasteiger partial charge in [0.2, 0.25) is 0 Å². The maximum Gasteiger partial charge on any atom is 0.113 e. The van der Waals surface area contributed by atoms with Gasteiger partial charge in [0, 0.05) is 10.9 Å². The molecule has 1 aromatic rings. The van der Waals surface area contributed by atoms with Gasteiger partial charge in [-0.25, -0.2) is 4.98 Å². The van der Waals surface area contributed by atoms with Crippen LogP contribution in [0.2, 0.25) is 0 Å². The van der Waals surface area contributed by atoms with E-state index >= 15 is 0 Å². The molecule has 1 heterocycles. The van der Waals surface area contributed by atoms with Crippen molar-refractivity contribution in [2.75, 3.05) is 0 Å². The van der Waals surface area contributed by atoms with Crippen LogP contribution in [0.15, 0.2) is 0 Å². The summed E-state index contributed by atoms with van der Waals surface area (Å²) in [7, 11) is 0. The molecule has 2 saturated carbocycles. The lowest BCUT2D eigenvalue weighted by atomic mass is 9.69. The minimum absolute atomic E-state index is 0.266. The summed E-state index contributed by atoms with van der Waals surface area (Å²) >= 11 is 2.02. The molecule has 2 nitrogen and oxygen atoms in total. The topological polar surface area (TPSA) is 24.9 Å². The molecule has 0 spiro atoms. The summed E-state index contributed by atoms with van der Waals surface area (Å²) in [6.07, 6.45) is 10.6. The Labute approximate surface area is 113 Å². The maximum absolute atomic E-state index is 5.02. The number of nitrogens with zero attached hydrogens (tertiary/aromatic N) is 1. The zero-order valence-corrected chi connectivity index (χ0v) is 12.0. The van der Waals surface area contributed by atoms with Gasteiger partial charge in [-0.1, -0.05) is 6.92 Å². The summed E-state index contributed by atoms with van der Waals surface area (Å²) < 4.78 is 0. The molecule has 1 N–H and O–H groups in total. The van der Waals surface area contributed by atoms with Gasteiger partial charge in [0.1, 0.15) is 5.01 Å². The zero-order valence-electron chi connectivity index (χ0n) is 11.2. The maximum atomic E-state index is 5.02. The highest BCUT2D eigenvalue weighted by atomic mass is 32.1. The van der Waals surface area contributed by atoms with Crippen LogP contribution in [-0.4, -0.2) is 11.0 Å². The van der Waals surface area contributed by atoms with Crippen LogP contribution in [0, 0.1) is 5.92 Å². The van der Waals surface area contributed by atoms with Gasteiger partial charge in [0.15, 0.2) is 0 Å². The summed E-state index contributed by atoms with van der Waals surface area (Å²) in [5.41, 5.74) is 1.69. The van der Waals surface area contributed by atoms with Crippen LogP contribution in [0.3, 0.4) is 0 Å². The third kappa shape index (κ3) is 1.83. The minimum atomic E-state index is 0.266. The number of thiazole rings is 1. The Morgan fingerprint density at radius 1 is 1.22 bits per heavy atom. The number of aromatic nitrogens is 1. The summed E-state index contributed by atoms with van der Waals surface area (Å²) in [6, 6.07) is 0.790. The lowest BCUT2D eigenvalue weighted by Crippen LogP contribution is -2.52. The minimum Gasteiger partial charge on any atom is -0.303 e. The van der Waals surface area contributed by atoms with Crippen molar-refractivity contribution >= 4 is 11.3 Å². The smallest absolute Gasteiger partial charge is 0.113 e. The van der Waals surface area contributed by atoms with Gasteiger partial charge < -0.3 is 5.32 Å². The first-order valence-corrected chi connectivity index (χ1v) is 8.34. The average Bonchev–Trinajstić information content (AvgIpc) is 3.03. The van der Waals surface area contributed by atoms with Crippen LogP contribution in [0.5, 0.6) is 0 Å². The Balaban J connectivity index is 1.64. The predicted molar refractivity (Wildman–Crippen MR) is 75.0 cm³/mol. The van der Waals surface area contributed by atoms with Gasteiger partial charge in [-0.3, -0.25) is 0 Å². The predicted octanol–water partition coefficient (Wildman–Crippen LogP) is 3.40. The first-order chi connectivity index (χ1) is 8.75. The fourth-order valence-electron chi connectivity index (χ4n) is 3.66. The number of nitrogens with one attached hydrogen (secondary N) is 1. The highest BCUT2D eigenvalue weighted by Gasteiger charge is 2.48. The molecular formula is C15H22N2S. The molecule has 3 aliphatic rings. The monoisotopic (exact) mass is 262 g/mol. The molecular weight excluding hydrogens is 240 g/mol. The summed E-state index contributed by atoms with van der Waals surface area (Å²) in [5.74, 6) is 0.872. The molecule has 4 rings (SSSR count). The highest BCUT2D eigenvalue weighted by molar-refractivity contribution is 7.11. The number of rotatable bonds is 3. The van der Waals surface area contributed by atoms with E-state index in [2.05, 4.69) is 12.2 Å². The molecule has 18 heavy (non-hydrogen) atoms. The molecule has 3 aliphatic carbocycles. The molecule has 0 atom stereocenters. The lowest BCUT2D eigenvalue weighted by molar-refractivity contribution is 0.112. The molecule has 1 aromatic heterocycles. The molecule has 0 aliphatic heterocycles. The van der Waals surface area contributed by atoms with Crippen molar-refractivity contribution in [1.82, 2.24) is 10.3 Å². The Bertz CT molecular complexity index is 432. The number of hydrogen-bond acceptors (Lipinski definition) is 3. The van der Waals surface area contributed by atoms with Crippen molar-refractivity contribution in [2.24, 2.45) is 5.92 Å². The lowest BCUT2D eigenvalue weighted by Gasteiger charge is -2.46. The van der Waals surface area contributed by atoms with Gasteiger partial charge >= 0.3 is 0 Å². The standard InChI is InChI=1S/C15H22N2S/c1-10-8-15(9-10,17-11-6-7-11)14-16-12-4-2-3-5-13(12)18-14/h10-11,17H,2-9H2,1H3. The van der Waals surface area contributed by atoms with E-state index in [9.17, 15) is 0 Å². The highest BCUT2D eigenvalue weighted by Crippen LogP contribution is 2.49. The van der Waals surface area contributed by atoms with Crippen molar-refractivity contribution in [1.29, 1.82) is 0 Å². The van der Waals surface area contributed by atoms with Crippen molar-refractivity contribution in [3.63, 3.8) is 0 Å². The number of aryl methyl sites for hydroxylation is 2. The van der Waals surface area contributed by atoms with Crippen LogP contribution in [0.25, 0.3) is 0 Å².